The lowest BCUT2D eigenvalue weighted by atomic mass is 9.70. The molecule has 1 spiro atoms. The second-order valence-electron chi connectivity index (χ2n) is 16.4. The van der Waals surface area contributed by atoms with E-state index >= 15 is 0 Å². The average Bonchev–Trinajstić information content (AvgIpc) is 3.96. The summed E-state index contributed by atoms with van der Waals surface area (Å²) in [4.78, 5) is 4.85. The molecule has 0 saturated carbocycles. The molecule has 0 radical (unpaired) electrons. The summed E-state index contributed by atoms with van der Waals surface area (Å²) in [7, 11) is 0. The van der Waals surface area contributed by atoms with Crippen LogP contribution in [-0.4, -0.2) is 0 Å². The van der Waals surface area contributed by atoms with Crippen LogP contribution in [0.5, 0.6) is 0 Å². The predicted octanol–water partition coefficient (Wildman–Crippen LogP) is 16.0. The van der Waals surface area contributed by atoms with Crippen molar-refractivity contribution in [2.45, 2.75) is 5.41 Å². The largest absolute Gasteiger partial charge is 0.456 e. The van der Waals surface area contributed by atoms with Crippen LogP contribution in [0.15, 0.2) is 235 Å². The fourth-order valence-corrected chi connectivity index (χ4v) is 10.7. The van der Waals surface area contributed by atoms with E-state index in [2.05, 4.69) is 228 Å². The van der Waals surface area contributed by atoms with E-state index < -0.39 is 5.41 Å². The third kappa shape index (κ3) is 4.94. The third-order valence-electron chi connectivity index (χ3n) is 13.2. The van der Waals surface area contributed by atoms with E-state index in [9.17, 15) is 0 Å². The van der Waals surface area contributed by atoms with E-state index in [1.165, 1.54) is 55.3 Å². The molecule has 62 heavy (non-hydrogen) atoms. The summed E-state index contributed by atoms with van der Waals surface area (Å²) in [6.07, 6.45) is 0. The van der Waals surface area contributed by atoms with Crippen molar-refractivity contribution in [3.63, 3.8) is 0 Å². The van der Waals surface area contributed by atoms with E-state index in [1.54, 1.807) is 0 Å². The summed E-state index contributed by atoms with van der Waals surface area (Å²) in [6.45, 7) is 0. The van der Waals surface area contributed by atoms with E-state index in [1.807, 2.05) is 12.1 Å². The topological polar surface area (TPSA) is 19.6 Å². The van der Waals surface area contributed by atoms with Gasteiger partial charge >= 0.3 is 0 Å². The first-order valence-corrected chi connectivity index (χ1v) is 21.3. The fourth-order valence-electron chi connectivity index (χ4n) is 10.7. The van der Waals surface area contributed by atoms with Gasteiger partial charge in [0.15, 0.2) is 0 Å². The Kier molecular flexibility index (Phi) is 7.52. The standard InChI is InChI=1S/C59H38N2O/c1-3-18-41(19-4-1)60(44-33-35-57-50(37-44)48-23-11-14-29-56(48)62-57)45-32-34-47-46-22-9-12-25-51(46)59(54(47)38-45)52-26-13-10-24-49(52)58-53(59)27-15-28-55(58)61(42-20-5-2-6-21-42)43-31-30-39-16-7-8-17-40(39)36-43/h1-38H. The Hall–Kier alpha value is -8.14. The molecule has 0 saturated heterocycles. The highest BCUT2D eigenvalue weighted by Gasteiger charge is 2.52. The van der Waals surface area contributed by atoms with Gasteiger partial charge in [0.05, 0.1) is 11.1 Å². The molecule has 1 aromatic heterocycles. The van der Waals surface area contributed by atoms with Crippen LogP contribution < -0.4 is 9.80 Å². The number of benzene rings is 10. The van der Waals surface area contributed by atoms with Crippen LogP contribution in [0.1, 0.15) is 22.3 Å². The molecule has 1 heterocycles. The molecule has 290 valence electrons. The van der Waals surface area contributed by atoms with Crippen molar-refractivity contribution in [2.75, 3.05) is 9.80 Å². The van der Waals surface area contributed by atoms with Crippen molar-refractivity contribution >= 4 is 66.8 Å². The number of rotatable bonds is 6. The number of para-hydroxylation sites is 3. The average molecular weight is 791 g/mol. The summed E-state index contributed by atoms with van der Waals surface area (Å²) >= 11 is 0. The molecule has 1 unspecified atom stereocenters. The van der Waals surface area contributed by atoms with Gasteiger partial charge < -0.3 is 14.2 Å². The van der Waals surface area contributed by atoms with Gasteiger partial charge in [-0.25, -0.2) is 0 Å². The van der Waals surface area contributed by atoms with Crippen LogP contribution in [0.4, 0.5) is 34.1 Å². The molecule has 0 amide bonds. The molecule has 0 fully saturated rings. The molecule has 0 N–H and O–H groups in total. The van der Waals surface area contributed by atoms with E-state index in [4.69, 9.17) is 4.42 Å². The third-order valence-corrected chi connectivity index (χ3v) is 13.2. The molecule has 13 rings (SSSR count). The van der Waals surface area contributed by atoms with E-state index in [-0.39, 0.29) is 0 Å². The number of hydrogen-bond acceptors (Lipinski definition) is 3. The summed E-state index contributed by atoms with van der Waals surface area (Å²) in [5.41, 5.74) is 18.1. The Morgan fingerprint density at radius 2 is 0.871 bits per heavy atom. The highest BCUT2D eigenvalue weighted by molar-refractivity contribution is 6.07. The second kappa shape index (κ2) is 13.4. The Balaban J connectivity index is 1.07. The highest BCUT2D eigenvalue weighted by atomic mass is 16.3. The van der Waals surface area contributed by atoms with Gasteiger partial charge in [-0.15, -0.1) is 0 Å². The van der Waals surface area contributed by atoms with Crippen molar-refractivity contribution in [1.29, 1.82) is 0 Å². The molecule has 10 aromatic carbocycles. The Bertz CT molecular complexity index is 3550. The zero-order valence-corrected chi connectivity index (χ0v) is 33.7. The zero-order chi connectivity index (χ0) is 40.8. The quantitative estimate of drug-likeness (QED) is 0.167. The molecule has 0 aliphatic heterocycles. The first-order valence-electron chi connectivity index (χ1n) is 21.3. The Labute approximate surface area is 360 Å². The number of fused-ring (bicyclic) bond motifs is 14. The van der Waals surface area contributed by atoms with Gasteiger partial charge in [-0.3, -0.25) is 0 Å². The number of nitrogens with zero attached hydrogens (tertiary/aromatic N) is 2. The Morgan fingerprint density at radius 1 is 0.306 bits per heavy atom. The summed E-state index contributed by atoms with van der Waals surface area (Å²) < 4.78 is 6.30. The molecule has 1 atom stereocenters. The Morgan fingerprint density at radius 3 is 1.69 bits per heavy atom. The predicted molar refractivity (Wildman–Crippen MR) is 257 cm³/mol. The maximum Gasteiger partial charge on any atom is 0.135 e. The van der Waals surface area contributed by atoms with Crippen molar-refractivity contribution < 1.29 is 4.42 Å². The van der Waals surface area contributed by atoms with Gasteiger partial charge in [-0.2, -0.15) is 0 Å². The normalized spacial score (nSPS) is 14.5. The van der Waals surface area contributed by atoms with Crippen molar-refractivity contribution in [3.05, 3.63) is 253 Å². The number of furan rings is 1. The van der Waals surface area contributed by atoms with E-state index in [0.29, 0.717) is 0 Å². The minimum atomic E-state index is -0.567. The van der Waals surface area contributed by atoms with Gasteiger partial charge in [0, 0.05) is 44.8 Å². The van der Waals surface area contributed by atoms with Gasteiger partial charge in [-0.05, 0) is 129 Å². The molecule has 3 nitrogen and oxygen atoms in total. The van der Waals surface area contributed by atoms with Crippen LogP contribution in [0.3, 0.4) is 0 Å². The molecule has 0 bridgehead atoms. The maximum atomic E-state index is 6.30. The van der Waals surface area contributed by atoms with E-state index in [0.717, 1.165) is 56.1 Å². The molecule has 2 aliphatic rings. The molecule has 11 aromatic rings. The summed E-state index contributed by atoms with van der Waals surface area (Å²) in [5, 5.41) is 4.66. The lowest BCUT2D eigenvalue weighted by Crippen LogP contribution is -2.26. The highest BCUT2D eigenvalue weighted by Crippen LogP contribution is 2.65. The van der Waals surface area contributed by atoms with Crippen molar-refractivity contribution in [3.8, 4) is 22.3 Å². The summed E-state index contributed by atoms with van der Waals surface area (Å²) in [6, 6.07) is 84.2. The number of hydrogen-bond donors (Lipinski definition) is 0. The molecular formula is C59H38N2O. The fraction of sp³-hybridized carbons (Fsp3) is 0.0169. The first-order chi connectivity index (χ1) is 30.8. The van der Waals surface area contributed by atoms with Crippen LogP contribution in [-0.2, 0) is 5.41 Å². The maximum absolute atomic E-state index is 6.30. The van der Waals surface area contributed by atoms with Gasteiger partial charge in [0.1, 0.15) is 11.2 Å². The van der Waals surface area contributed by atoms with Crippen LogP contribution in [0.25, 0.3) is 55.0 Å². The van der Waals surface area contributed by atoms with Crippen LogP contribution in [0, 0.1) is 0 Å². The zero-order valence-electron chi connectivity index (χ0n) is 33.7. The second-order valence-corrected chi connectivity index (χ2v) is 16.4. The smallest absolute Gasteiger partial charge is 0.135 e. The summed E-state index contributed by atoms with van der Waals surface area (Å²) in [5.74, 6) is 0. The van der Waals surface area contributed by atoms with Gasteiger partial charge in [-0.1, -0.05) is 152 Å². The molecule has 3 heteroatoms. The lowest BCUT2D eigenvalue weighted by Gasteiger charge is -2.33. The van der Waals surface area contributed by atoms with Crippen LogP contribution >= 0.6 is 0 Å². The SMILES string of the molecule is c1ccc(N(c2ccc3c(c2)C2(c4ccccc4-3)c3ccccc3-c3c(N(c4ccccc4)c4ccc5ccccc5c4)cccc32)c2ccc3oc4ccccc4c3c2)cc1. The first kappa shape index (κ1) is 34.7. The van der Waals surface area contributed by atoms with Gasteiger partial charge in [0.25, 0.3) is 0 Å². The van der Waals surface area contributed by atoms with Crippen molar-refractivity contribution in [1.82, 2.24) is 0 Å². The van der Waals surface area contributed by atoms with Crippen molar-refractivity contribution in [2.24, 2.45) is 0 Å². The monoisotopic (exact) mass is 790 g/mol. The minimum absolute atomic E-state index is 0.567. The van der Waals surface area contributed by atoms with Crippen LogP contribution in [0.2, 0.25) is 0 Å². The lowest BCUT2D eigenvalue weighted by molar-refractivity contribution is 0.669. The molecular weight excluding hydrogens is 753 g/mol. The number of anilines is 6. The molecule has 2 aliphatic carbocycles. The van der Waals surface area contributed by atoms with Gasteiger partial charge in [0.2, 0.25) is 0 Å². The minimum Gasteiger partial charge on any atom is -0.456 e.